The van der Waals surface area contributed by atoms with Crippen molar-refractivity contribution in [2.45, 2.75) is 56.0 Å². The third-order valence-corrected chi connectivity index (χ3v) is 13.0. The number of aliphatic hydroxyl groups is 1. The molecule has 1 N–H and O–H groups in total. The molecule has 2 aromatic carbocycles. The van der Waals surface area contributed by atoms with Crippen molar-refractivity contribution in [3.63, 3.8) is 0 Å². The predicted molar refractivity (Wildman–Crippen MR) is 144 cm³/mol. The molecule has 6 atom stereocenters. The molecule has 35 heavy (non-hydrogen) atoms. The predicted octanol–water partition coefficient (Wildman–Crippen LogP) is 2.34. The van der Waals surface area contributed by atoms with Gasteiger partial charge in [-0.05, 0) is 0 Å². The number of rotatable bonds is 10. The second kappa shape index (κ2) is 12.4. The van der Waals surface area contributed by atoms with Crippen molar-refractivity contribution in [2.75, 3.05) is 13.7 Å². The van der Waals surface area contributed by atoms with Crippen LogP contribution in [0.1, 0.15) is 20.8 Å². The van der Waals surface area contributed by atoms with E-state index in [1.165, 1.54) is 7.11 Å². The number of hydrogen-bond acceptors (Lipinski definition) is 6. The summed E-state index contributed by atoms with van der Waals surface area (Å²) in [6.07, 6.45) is -2.53. The molecule has 0 aliphatic carbocycles. The van der Waals surface area contributed by atoms with Gasteiger partial charge in [-0.25, -0.2) is 0 Å². The number of ether oxygens (including phenoxy) is 2. The Hall–Kier alpha value is -1.83. The van der Waals surface area contributed by atoms with Crippen LogP contribution in [0.15, 0.2) is 65.8 Å². The van der Waals surface area contributed by atoms with E-state index in [-0.39, 0.29) is 27.0 Å². The van der Waals surface area contributed by atoms with Gasteiger partial charge in [0.05, 0.1) is 0 Å². The summed E-state index contributed by atoms with van der Waals surface area (Å²) in [6.45, 7) is 6.93. The first-order chi connectivity index (χ1) is 16.8. The molecule has 0 spiro atoms. The maximum atomic E-state index is 11.3. The number of nitrogens with zero attached hydrogens (tertiary/aromatic N) is 3. The number of methoxy groups -OCH3 is 1. The number of benzene rings is 2. The van der Waals surface area contributed by atoms with Crippen molar-refractivity contribution in [1.82, 2.24) is 0 Å². The van der Waals surface area contributed by atoms with Crippen LogP contribution in [-0.2, 0) is 18.6 Å². The average molecular weight is 511 g/mol. The fourth-order valence-electron chi connectivity index (χ4n) is 4.85. The minimum atomic E-state index is -2.84. The molecule has 1 saturated heterocycles. The molecule has 1 heterocycles. The van der Waals surface area contributed by atoms with Crippen LogP contribution in [-0.4, -0.2) is 71.3 Å². The van der Waals surface area contributed by atoms with E-state index in [1.54, 1.807) is 0 Å². The van der Waals surface area contributed by atoms with Gasteiger partial charge in [-0.2, -0.15) is 0 Å². The monoisotopic (exact) mass is 511 g/mol. The van der Waals surface area contributed by atoms with Gasteiger partial charge >= 0.3 is 211 Å². The minimum absolute atomic E-state index is 0.0656. The maximum absolute atomic E-state index is 11.3. The summed E-state index contributed by atoms with van der Waals surface area (Å²) < 4.78 is 29.6. The third kappa shape index (κ3) is 5.95. The summed E-state index contributed by atoms with van der Waals surface area (Å²) in [5.41, 5.74) is 8.59. The molecule has 0 aromatic heterocycles. The van der Waals surface area contributed by atoms with Crippen LogP contribution in [0, 0.1) is 0 Å². The first kappa shape index (κ1) is 27.7. The fourth-order valence-corrected chi connectivity index (χ4v) is 10.7. The van der Waals surface area contributed by atoms with Gasteiger partial charge in [0.25, 0.3) is 0 Å². The second-order valence-electron chi connectivity index (χ2n) is 9.54. The first-order valence-corrected chi connectivity index (χ1v) is 14.8. The van der Waals surface area contributed by atoms with Crippen molar-refractivity contribution in [3.05, 3.63) is 71.1 Å². The van der Waals surface area contributed by atoms with Crippen LogP contribution >= 0.6 is 8.46 Å². The van der Waals surface area contributed by atoms with Crippen molar-refractivity contribution in [3.8, 4) is 0 Å². The van der Waals surface area contributed by atoms with Gasteiger partial charge in [-0.15, -0.1) is 0 Å². The van der Waals surface area contributed by atoms with Gasteiger partial charge in [0.1, 0.15) is 0 Å². The molecule has 0 radical (unpaired) electrons. The summed E-state index contributed by atoms with van der Waals surface area (Å²) in [5, 5.41) is 17.1. The van der Waals surface area contributed by atoms with E-state index in [0.717, 1.165) is 17.4 Å². The van der Waals surface area contributed by atoms with Crippen LogP contribution in [0.3, 0.4) is 0 Å². The van der Waals surface area contributed by atoms with Gasteiger partial charge in [0.2, 0.25) is 0 Å². The van der Waals surface area contributed by atoms with Crippen molar-refractivity contribution < 1.29 is 23.7 Å². The Bertz CT molecular complexity index is 972. The van der Waals surface area contributed by atoms with Gasteiger partial charge < -0.3 is 0 Å². The zero-order valence-corrected chi connectivity index (χ0v) is 22.6. The van der Waals surface area contributed by atoms with Crippen molar-refractivity contribution >= 4 is 41.1 Å². The third-order valence-electron chi connectivity index (χ3n) is 6.44. The Balaban J connectivity index is 2.00. The second-order valence-corrected chi connectivity index (χ2v) is 15.3. The molecule has 0 bridgehead atoms. The fraction of sp³-hybridized carbons (Fsp3) is 0.478. The Morgan fingerprint density at radius 2 is 1.74 bits per heavy atom. The van der Waals surface area contributed by atoms with Gasteiger partial charge in [0.15, 0.2) is 0 Å². The molecule has 1 aliphatic heterocycles. The van der Waals surface area contributed by atoms with Crippen LogP contribution < -0.4 is 10.4 Å². The van der Waals surface area contributed by atoms with E-state index in [1.807, 2.05) is 36.4 Å². The van der Waals surface area contributed by atoms with Gasteiger partial charge in [-0.3, -0.25) is 0 Å². The molecule has 0 saturated carbocycles. The Kier molecular flexibility index (Phi) is 9.84. The van der Waals surface area contributed by atoms with Crippen LogP contribution in [0.25, 0.3) is 10.4 Å². The van der Waals surface area contributed by atoms with Crippen molar-refractivity contribution in [1.29, 1.82) is 0 Å². The normalized spacial score (nSPS) is 25.1. The van der Waals surface area contributed by atoms with Crippen LogP contribution in [0.2, 0.25) is 5.04 Å². The summed E-state index contributed by atoms with van der Waals surface area (Å²) in [7, 11) is -0.493. The molecule has 12 heteroatoms. The summed E-state index contributed by atoms with van der Waals surface area (Å²) in [4.78, 5) is 2.92. The molecule has 2 aromatic rings. The Morgan fingerprint density at radius 3 is 2.20 bits per heavy atom. The molecule has 1 aliphatic rings. The molecule has 0 amide bonds. The topological polar surface area (TPSA) is 114 Å². The van der Waals surface area contributed by atoms with Crippen LogP contribution in [0.5, 0.6) is 0 Å². The Labute approximate surface area is 210 Å². The standard InChI is InChI=1S/C23H32B2N3O5PSi/c1-23(2,3)35(16-11-7-5-8-12-16,17-13-9-6-10-14-17)32-15-18-20(29)21(34-25-24-30)19(27-28-26)22(31-4)33-18/h5-14,18-22,25,29,34H,15H2,1-4H3/t18?,19?,20-,21-,22+/m1/s1. The van der Waals surface area contributed by atoms with E-state index in [4.69, 9.17) is 19.4 Å². The van der Waals surface area contributed by atoms with Gasteiger partial charge in [-0.1, -0.05) is 0 Å². The zero-order chi connectivity index (χ0) is 25.5. The number of azide groups is 1. The zero-order valence-electron chi connectivity index (χ0n) is 20.6. The quantitative estimate of drug-likeness (QED) is 0.173. The average Bonchev–Trinajstić information content (AvgIpc) is 2.86. The summed E-state index contributed by atoms with van der Waals surface area (Å²) in [5.74, 6) is 0. The van der Waals surface area contributed by atoms with Gasteiger partial charge in [0, 0.05) is 0 Å². The molecule has 8 nitrogen and oxygen atoms in total. The van der Waals surface area contributed by atoms with E-state index in [9.17, 15) is 9.81 Å². The molecule has 3 unspecified atom stereocenters. The summed E-state index contributed by atoms with van der Waals surface area (Å²) in [6, 6.07) is 19.7. The van der Waals surface area contributed by atoms with E-state index in [0.29, 0.717) is 0 Å². The molecule has 3 rings (SSSR count). The molecular formula is C23H32B2N3O5PSi. The van der Waals surface area contributed by atoms with E-state index in [2.05, 4.69) is 55.1 Å². The summed E-state index contributed by atoms with van der Waals surface area (Å²) >= 11 is 0. The first-order valence-electron chi connectivity index (χ1n) is 11.6. The van der Waals surface area contributed by atoms with Crippen LogP contribution in [0.4, 0.5) is 0 Å². The van der Waals surface area contributed by atoms with E-state index >= 15 is 0 Å². The molecule has 184 valence electrons. The SMILES string of the molecule is CO[C@H]1OC(CO[Si](c2ccccc2)(c2ccccc2)C(C)(C)C)[C@@H](O)[C@H](PBB=O)C1N=[N+]=[N-]. The number of aliphatic hydroxyl groups excluding tert-OH is 1. The molecular weight excluding hydrogens is 479 g/mol. The van der Waals surface area contributed by atoms with Crippen molar-refractivity contribution in [2.24, 2.45) is 5.11 Å². The molecule has 1 fully saturated rings. The number of hydrogen-bond donors (Lipinski definition) is 1. The van der Waals surface area contributed by atoms with E-state index < -0.39 is 38.5 Å². The Morgan fingerprint density at radius 1 is 1.17 bits per heavy atom.